The fourth-order valence-corrected chi connectivity index (χ4v) is 2.27. The highest BCUT2D eigenvalue weighted by molar-refractivity contribution is 7.89. The highest BCUT2D eigenvalue weighted by Crippen LogP contribution is 2.27. The van der Waals surface area contributed by atoms with Gasteiger partial charge in [0.2, 0.25) is 5.88 Å². The highest BCUT2D eigenvalue weighted by Gasteiger charge is 2.20. The van der Waals surface area contributed by atoms with Gasteiger partial charge in [0.15, 0.2) is 11.6 Å². The van der Waals surface area contributed by atoms with Crippen LogP contribution in [0.15, 0.2) is 0 Å². The van der Waals surface area contributed by atoms with Crippen LogP contribution in [0.3, 0.4) is 0 Å². The Balaban J connectivity index is 3.21. The molecule has 0 bridgehead atoms. The molecule has 1 heterocycles. The molecule has 0 radical (unpaired) electrons. The summed E-state index contributed by atoms with van der Waals surface area (Å²) < 4.78 is 16.6. The molecule has 20 heavy (non-hydrogen) atoms. The van der Waals surface area contributed by atoms with Crippen LogP contribution in [-0.4, -0.2) is 45.9 Å². The lowest BCUT2D eigenvalue weighted by molar-refractivity contribution is 0.169. The summed E-state index contributed by atoms with van der Waals surface area (Å²) in [5, 5.41) is 0. The molecule has 1 rings (SSSR count). The Morgan fingerprint density at radius 2 is 2.00 bits per heavy atom. The van der Waals surface area contributed by atoms with E-state index in [1.165, 1.54) is 4.90 Å². The molecule has 0 aliphatic rings. The number of aromatic nitrogens is 2. The summed E-state index contributed by atoms with van der Waals surface area (Å²) in [5.74, 6) is 1.05. The van der Waals surface area contributed by atoms with Crippen molar-refractivity contribution in [2.75, 3.05) is 20.4 Å². The number of aryl methyl sites for hydroxylation is 1. The Kier molecular flexibility index (Phi) is 5.76. The van der Waals surface area contributed by atoms with E-state index in [0.717, 1.165) is 11.3 Å². The van der Waals surface area contributed by atoms with Crippen molar-refractivity contribution in [2.45, 2.75) is 32.4 Å². The van der Waals surface area contributed by atoms with Crippen LogP contribution in [0.25, 0.3) is 0 Å². The molecule has 1 amide bonds. The van der Waals surface area contributed by atoms with E-state index in [0.29, 0.717) is 5.82 Å². The second-order valence-electron chi connectivity index (χ2n) is 5.08. The third-order valence-corrected chi connectivity index (χ3v) is 3.27. The molecule has 1 aromatic rings. The Hall–Kier alpha value is -1.34. The fraction of sp³-hybridized carbons (Fsp3) is 0.615. The highest BCUT2D eigenvalue weighted by atomic mass is 32.2. The Morgan fingerprint density at radius 1 is 1.40 bits per heavy atom. The van der Waals surface area contributed by atoms with Gasteiger partial charge < -0.3 is 14.2 Å². The summed E-state index contributed by atoms with van der Waals surface area (Å²) in [6, 6.07) is 0. The topological polar surface area (TPSA) is 78.4 Å². The van der Waals surface area contributed by atoms with Gasteiger partial charge in [-0.1, -0.05) is 13.8 Å². The average Bonchev–Trinajstić information content (AvgIpc) is 2.26. The second kappa shape index (κ2) is 6.90. The van der Waals surface area contributed by atoms with Crippen LogP contribution in [0.4, 0.5) is 4.79 Å². The number of amides is 1. The molecule has 0 spiro atoms. The number of nitrogens with zero attached hydrogens (tertiary/aromatic N) is 3. The van der Waals surface area contributed by atoms with Gasteiger partial charge in [0.25, 0.3) is 0 Å². The molecule has 0 saturated heterocycles. The van der Waals surface area contributed by atoms with Gasteiger partial charge in [-0.05, 0) is 24.0 Å². The van der Waals surface area contributed by atoms with Crippen molar-refractivity contribution in [1.82, 2.24) is 14.9 Å². The van der Waals surface area contributed by atoms with Crippen LogP contribution >= 0.6 is 0 Å². The first-order valence-corrected chi connectivity index (χ1v) is 8.01. The van der Waals surface area contributed by atoms with E-state index in [1.807, 2.05) is 20.8 Å². The number of hydrogen-bond donors (Lipinski definition) is 0. The molecular formula is C13H21N3O3S. The minimum atomic E-state index is -1.05. The molecule has 112 valence electrons. The molecule has 0 aliphatic carbocycles. The summed E-state index contributed by atoms with van der Waals surface area (Å²) in [6.07, 6.45) is 1.09. The van der Waals surface area contributed by atoms with Gasteiger partial charge in [0.05, 0.1) is 6.26 Å². The van der Waals surface area contributed by atoms with Crippen LogP contribution in [-0.2, 0) is 16.9 Å². The largest absolute Gasteiger partial charge is 0.616 e. The Bertz CT molecular complexity index is 490. The maximum Gasteiger partial charge on any atom is 0.416 e. The van der Waals surface area contributed by atoms with E-state index in [1.54, 1.807) is 20.4 Å². The van der Waals surface area contributed by atoms with Gasteiger partial charge in [-0.3, -0.25) is 0 Å². The summed E-state index contributed by atoms with van der Waals surface area (Å²) in [6.45, 7) is 5.80. The van der Waals surface area contributed by atoms with Gasteiger partial charge in [0.1, 0.15) is 0 Å². The second-order valence-corrected chi connectivity index (χ2v) is 6.51. The van der Waals surface area contributed by atoms with Crippen molar-refractivity contribution in [3.8, 4) is 5.88 Å². The molecule has 0 aliphatic heterocycles. The van der Waals surface area contributed by atoms with Crippen LogP contribution < -0.4 is 4.74 Å². The van der Waals surface area contributed by atoms with Gasteiger partial charge in [-0.2, -0.15) is 4.98 Å². The molecule has 0 fully saturated rings. The molecule has 1 unspecified atom stereocenters. The van der Waals surface area contributed by atoms with Crippen LogP contribution in [0.5, 0.6) is 5.88 Å². The van der Waals surface area contributed by atoms with Crippen molar-refractivity contribution >= 4 is 17.3 Å². The quantitative estimate of drug-likeness (QED) is 0.793. The summed E-state index contributed by atoms with van der Waals surface area (Å²) in [4.78, 5) is 21.6. The summed E-state index contributed by atoms with van der Waals surface area (Å²) in [5.41, 5.74) is 1.54. The number of carbonyl (C=O) groups excluding carboxylic acids is 1. The van der Waals surface area contributed by atoms with Gasteiger partial charge >= 0.3 is 6.09 Å². The maximum absolute atomic E-state index is 11.7. The number of ether oxygens (including phenoxy) is 1. The van der Waals surface area contributed by atoms with Gasteiger partial charge in [-0.15, -0.1) is 0 Å². The summed E-state index contributed by atoms with van der Waals surface area (Å²) in [7, 11) is 3.21. The standard InChI is InChI=1S/C13H21N3O3S/c1-8(2)11-9(3)14-10(7-20(6)18)15-12(11)19-13(17)16(4)5/h8H,7H2,1-6H3. The first kappa shape index (κ1) is 16.7. The Morgan fingerprint density at radius 3 is 2.45 bits per heavy atom. The minimum Gasteiger partial charge on any atom is -0.616 e. The zero-order valence-electron chi connectivity index (χ0n) is 12.8. The van der Waals surface area contributed by atoms with Crippen molar-refractivity contribution in [1.29, 1.82) is 0 Å². The van der Waals surface area contributed by atoms with E-state index in [9.17, 15) is 9.35 Å². The lowest BCUT2D eigenvalue weighted by Gasteiger charge is -2.17. The van der Waals surface area contributed by atoms with Crippen LogP contribution in [0.1, 0.15) is 36.8 Å². The zero-order valence-corrected chi connectivity index (χ0v) is 13.6. The number of carbonyl (C=O) groups is 1. The van der Waals surface area contributed by atoms with Crippen molar-refractivity contribution < 1.29 is 14.1 Å². The monoisotopic (exact) mass is 299 g/mol. The molecule has 0 N–H and O–H groups in total. The van der Waals surface area contributed by atoms with E-state index in [4.69, 9.17) is 4.74 Å². The molecule has 0 saturated carbocycles. The first-order valence-electron chi connectivity index (χ1n) is 6.29. The normalized spacial score (nSPS) is 12.4. The fourth-order valence-electron chi connectivity index (χ4n) is 1.77. The molecule has 6 nitrogen and oxygen atoms in total. The zero-order chi connectivity index (χ0) is 15.4. The van der Waals surface area contributed by atoms with Crippen molar-refractivity contribution in [3.05, 3.63) is 17.1 Å². The van der Waals surface area contributed by atoms with E-state index in [-0.39, 0.29) is 17.6 Å². The SMILES string of the molecule is Cc1nc(C[S+](C)[O-])nc(OC(=O)N(C)C)c1C(C)C. The van der Waals surface area contributed by atoms with Crippen LogP contribution in [0, 0.1) is 6.92 Å². The van der Waals surface area contributed by atoms with Crippen LogP contribution in [0.2, 0.25) is 0 Å². The Labute approximate surface area is 122 Å². The number of hydrogen-bond acceptors (Lipinski definition) is 5. The summed E-state index contributed by atoms with van der Waals surface area (Å²) >= 11 is -1.05. The lowest BCUT2D eigenvalue weighted by atomic mass is 10.0. The third kappa shape index (κ3) is 4.35. The average molecular weight is 299 g/mol. The first-order chi connectivity index (χ1) is 9.22. The predicted octanol–water partition coefficient (Wildman–Crippen LogP) is 1.85. The number of rotatable bonds is 4. The molecule has 1 atom stereocenters. The molecular weight excluding hydrogens is 278 g/mol. The third-order valence-electron chi connectivity index (χ3n) is 2.61. The molecule has 1 aromatic heterocycles. The molecule has 7 heteroatoms. The van der Waals surface area contributed by atoms with Gasteiger partial charge in [-0.25, -0.2) is 9.78 Å². The van der Waals surface area contributed by atoms with E-state index >= 15 is 0 Å². The smallest absolute Gasteiger partial charge is 0.416 e. The molecule has 0 aromatic carbocycles. The van der Waals surface area contributed by atoms with Crippen molar-refractivity contribution in [3.63, 3.8) is 0 Å². The maximum atomic E-state index is 11.7. The minimum absolute atomic E-state index is 0.126. The lowest BCUT2D eigenvalue weighted by Crippen LogP contribution is -2.26. The van der Waals surface area contributed by atoms with E-state index in [2.05, 4.69) is 9.97 Å². The predicted molar refractivity (Wildman–Crippen MR) is 78.3 cm³/mol. The van der Waals surface area contributed by atoms with Gasteiger partial charge in [0, 0.05) is 25.4 Å². The van der Waals surface area contributed by atoms with E-state index < -0.39 is 17.3 Å². The van der Waals surface area contributed by atoms with Crippen molar-refractivity contribution in [2.24, 2.45) is 0 Å².